The van der Waals surface area contributed by atoms with E-state index in [2.05, 4.69) is 30.4 Å². The lowest BCUT2D eigenvalue weighted by atomic mass is 10.1. The lowest BCUT2D eigenvalue weighted by molar-refractivity contribution is 0.0955. The number of hydrogen-bond donors (Lipinski definition) is 1. The molecule has 3 aromatic rings. The van der Waals surface area contributed by atoms with Gasteiger partial charge in [0.15, 0.2) is 11.5 Å². The Morgan fingerprint density at radius 3 is 2.44 bits per heavy atom. The maximum absolute atomic E-state index is 12.0. The molecular weight excluding hydrogens is 404 g/mol. The Morgan fingerprint density at radius 2 is 1.69 bits per heavy atom. The fraction of sp³-hybridized carbons (Fsp3) is 0.231. The first-order valence-electron chi connectivity index (χ1n) is 10.5. The van der Waals surface area contributed by atoms with Crippen molar-refractivity contribution >= 4 is 12.1 Å². The van der Waals surface area contributed by atoms with Crippen molar-refractivity contribution in [3.63, 3.8) is 0 Å². The minimum atomic E-state index is -0.267. The summed E-state index contributed by atoms with van der Waals surface area (Å²) in [5.41, 5.74) is 6.30. The molecule has 1 amide bonds. The first-order valence-corrected chi connectivity index (χ1v) is 10.5. The summed E-state index contributed by atoms with van der Waals surface area (Å²) in [5.74, 6) is 1.84. The van der Waals surface area contributed by atoms with Crippen LogP contribution in [0.3, 0.4) is 0 Å². The van der Waals surface area contributed by atoms with Crippen LogP contribution in [-0.2, 0) is 0 Å². The molecule has 3 aromatic carbocycles. The van der Waals surface area contributed by atoms with Gasteiger partial charge in [0.2, 0.25) is 0 Å². The number of ether oxygens (including phenoxy) is 3. The zero-order chi connectivity index (χ0) is 22.8. The number of aryl methyl sites for hydroxylation is 2. The Hall–Kier alpha value is -3.80. The first-order chi connectivity index (χ1) is 15.6. The average Bonchev–Trinajstić information content (AvgIpc) is 2.82. The molecule has 0 saturated carbocycles. The Kier molecular flexibility index (Phi) is 8.26. The van der Waals surface area contributed by atoms with E-state index < -0.39 is 0 Å². The minimum absolute atomic E-state index is 0.267. The summed E-state index contributed by atoms with van der Waals surface area (Å²) in [4.78, 5) is 12.0. The van der Waals surface area contributed by atoms with Crippen LogP contribution in [0.15, 0.2) is 71.8 Å². The number of nitrogens with one attached hydrogen (secondary N) is 1. The van der Waals surface area contributed by atoms with Crippen LogP contribution in [0.5, 0.6) is 17.2 Å². The van der Waals surface area contributed by atoms with Gasteiger partial charge >= 0.3 is 0 Å². The molecular formula is C26H28N2O4. The van der Waals surface area contributed by atoms with Crippen molar-refractivity contribution in [2.24, 2.45) is 5.10 Å². The molecule has 0 aliphatic rings. The molecule has 166 valence electrons. The topological polar surface area (TPSA) is 69.2 Å². The zero-order valence-electron chi connectivity index (χ0n) is 18.6. The molecule has 0 heterocycles. The van der Waals surface area contributed by atoms with Crippen molar-refractivity contribution in [1.29, 1.82) is 0 Å². The van der Waals surface area contributed by atoms with E-state index in [9.17, 15) is 4.79 Å². The fourth-order valence-electron chi connectivity index (χ4n) is 2.94. The van der Waals surface area contributed by atoms with Crippen LogP contribution in [0.4, 0.5) is 0 Å². The van der Waals surface area contributed by atoms with E-state index in [0.29, 0.717) is 30.3 Å². The molecule has 0 aliphatic heterocycles. The van der Waals surface area contributed by atoms with E-state index in [0.717, 1.165) is 17.7 Å². The molecule has 0 unspecified atom stereocenters. The lowest BCUT2D eigenvalue weighted by Gasteiger charge is -2.12. The second-order valence-electron chi connectivity index (χ2n) is 7.27. The van der Waals surface area contributed by atoms with E-state index in [-0.39, 0.29) is 5.91 Å². The highest BCUT2D eigenvalue weighted by molar-refractivity contribution is 5.94. The van der Waals surface area contributed by atoms with E-state index in [1.54, 1.807) is 43.7 Å². The molecule has 0 radical (unpaired) electrons. The normalized spacial score (nSPS) is 10.7. The summed E-state index contributed by atoms with van der Waals surface area (Å²) < 4.78 is 17.1. The Labute approximate surface area is 188 Å². The number of carbonyl (C=O) groups excluding carboxylic acids is 1. The molecule has 1 N–H and O–H groups in total. The highest BCUT2D eigenvalue weighted by Crippen LogP contribution is 2.27. The molecule has 32 heavy (non-hydrogen) atoms. The number of benzene rings is 3. The van der Waals surface area contributed by atoms with E-state index in [1.807, 2.05) is 30.3 Å². The van der Waals surface area contributed by atoms with Crippen LogP contribution in [-0.4, -0.2) is 32.4 Å². The maximum Gasteiger partial charge on any atom is 0.271 e. The van der Waals surface area contributed by atoms with Crippen molar-refractivity contribution in [2.45, 2.75) is 20.3 Å². The Bertz CT molecular complexity index is 1060. The van der Waals surface area contributed by atoms with Gasteiger partial charge in [-0.05, 0) is 73.0 Å². The van der Waals surface area contributed by atoms with Crippen molar-refractivity contribution in [3.8, 4) is 17.2 Å². The summed E-state index contributed by atoms with van der Waals surface area (Å²) in [7, 11) is 1.59. The predicted octanol–water partition coefficient (Wildman–Crippen LogP) is 4.92. The lowest BCUT2D eigenvalue weighted by Crippen LogP contribution is -2.17. The zero-order valence-corrected chi connectivity index (χ0v) is 18.6. The van der Waals surface area contributed by atoms with Gasteiger partial charge in [-0.2, -0.15) is 5.10 Å². The molecule has 0 aromatic heterocycles. The molecule has 0 bridgehead atoms. The molecule has 0 atom stereocenters. The van der Waals surface area contributed by atoms with E-state index in [4.69, 9.17) is 14.2 Å². The summed E-state index contributed by atoms with van der Waals surface area (Å²) in [5, 5.41) is 4.01. The van der Waals surface area contributed by atoms with Crippen molar-refractivity contribution in [2.75, 3.05) is 20.3 Å². The summed E-state index contributed by atoms with van der Waals surface area (Å²) in [6, 6.07) is 20.5. The number of methoxy groups -OCH3 is 1. The smallest absolute Gasteiger partial charge is 0.271 e. The molecule has 0 fully saturated rings. The van der Waals surface area contributed by atoms with Gasteiger partial charge in [0.25, 0.3) is 5.91 Å². The molecule has 3 rings (SSSR count). The average molecular weight is 433 g/mol. The van der Waals surface area contributed by atoms with Crippen molar-refractivity contribution in [1.82, 2.24) is 5.43 Å². The summed E-state index contributed by atoms with van der Waals surface area (Å²) in [6.45, 7) is 5.22. The number of rotatable bonds is 10. The van der Waals surface area contributed by atoms with Gasteiger partial charge in [0, 0.05) is 12.0 Å². The number of hydrogen-bond acceptors (Lipinski definition) is 5. The Balaban J connectivity index is 1.47. The van der Waals surface area contributed by atoms with Crippen molar-refractivity contribution in [3.05, 3.63) is 89.0 Å². The number of hydrazone groups is 1. The first kappa shape index (κ1) is 22.9. The van der Waals surface area contributed by atoms with Crippen molar-refractivity contribution < 1.29 is 19.0 Å². The maximum atomic E-state index is 12.0. The molecule has 0 spiro atoms. The molecule has 6 heteroatoms. The largest absolute Gasteiger partial charge is 0.493 e. The van der Waals surface area contributed by atoms with Gasteiger partial charge in [0.1, 0.15) is 5.75 Å². The highest BCUT2D eigenvalue weighted by Gasteiger charge is 2.06. The van der Waals surface area contributed by atoms with E-state index >= 15 is 0 Å². The van der Waals surface area contributed by atoms with Gasteiger partial charge < -0.3 is 14.2 Å². The number of carbonyl (C=O) groups is 1. The van der Waals surface area contributed by atoms with Gasteiger partial charge in [-0.25, -0.2) is 5.43 Å². The quantitative estimate of drug-likeness (QED) is 0.280. The molecule has 0 saturated heterocycles. The molecule has 0 aliphatic carbocycles. The second-order valence-corrected chi connectivity index (χ2v) is 7.27. The molecule has 6 nitrogen and oxygen atoms in total. The minimum Gasteiger partial charge on any atom is -0.493 e. The van der Waals surface area contributed by atoms with Crippen LogP contribution >= 0.6 is 0 Å². The van der Waals surface area contributed by atoms with E-state index in [1.165, 1.54) is 11.1 Å². The third kappa shape index (κ3) is 6.60. The third-order valence-electron chi connectivity index (χ3n) is 4.90. The number of amides is 1. The van der Waals surface area contributed by atoms with Crippen LogP contribution in [0.25, 0.3) is 0 Å². The van der Waals surface area contributed by atoms with Crippen LogP contribution in [0.2, 0.25) is 0 Å². The SMILES string of the molecule is COc1cc(C=NNC(=O)c2ccccc2)ccc1OCCCOc1ccc(C)c(C)c1. The monoisotopic (exact) mass is 432 g/mol. The van der Waals surface area contributed by atoms with Gasteiger partial charge in [-0.1, -0.05) is 24.3 Å². The predicted molar refractivity (Wildman–Crippen MR) is 126 cm³/mol. The summed E-state index contributed by atoms with van der Waals surface area (Å²) in [6.07, 6.45) is 2.30. The number of nitrogens with zero attached hydrogens (tertiary/aromatic N) is 1. The summed E-state index contributed by atoms with van der Waals surface area (Å²) >= 11 is 0. The van der Waals surface area contributed by atoms with Gasteiger partial charge in [-0.3, -0.25) is 4.79 Å². The van der Waals surface area contributed by atoms with Gasteiger partial charge in [-0.15, -0.1) is 0 Å². The Morgan fingerprint density at radius 1 is 0.906 bits per heavy atom. The van der Waals surface area contributed by atoms with Crippen LogP contribution in [0.1, 0.15) is 33.5 Å². The highest BCUT2D eigenvalue weighted by atomic mass is 16.5. The fourth-order valence-corrected chi connectivity index (χ4v) is 2.94. The third-order valence-corrected chi connectivity index (χ3v) is 4.90. The van der Waals surface area contributed by atoms with Gasteiger partial charge in [0.05, 0.1) is 26.5 Å². The van der Waals surface area contributed by atoms with Crippen LogP contribution in [0, 0.1) is 13.8 Å². The standard InChI is InChI=1S/C26H28N2O4/c1-19-10-12-23(16-20(19)2)31-14-7-15-32-24-13-11-21(17-25(24)30-3)18-27-28-26(29)22-8-5-4-6-9-22/h4-6,8-13,16-18H,7,14-15H2,1-3H3,(H,28,29). The van der Waals surface area contributed by atoms with Crippen LogP contribution < -0.4 is 19.6 Å². The second kappa shape index (κ2) is 11.6.